The molecule has 0 radical (unpaired) electrons. The van der Waals surface area contributed by atoms with E-state index in [-0.39, 0.29) is 12.3 Å². The molecule has 0 aromatic carbocycles. The molecule has 15 heavy (non-hydrogen) atoms. The van der Waals surface area contributed by atoms with Crippen molar-refractivity contribution >= 4 is 11.8 Å². The van der Waals surface area contributed by atoms with Gasteiger partial charge in [-0.15, -0.1) is 0 Å². The van der Waals surface area contributed by atoms with Crippen molar-refractivity contribution in [3.05, 3.63) is 0 Å². The second-order valence-electron chi connectivity index (χ2n) is 4.00. The quantitative estimate of drug-likeness (QED) is 0.665. The standard InChI is InChI=1S/C10H19N3O2/c11-8(4-5-9(12)14)10(15)13-6-2-1-3-7-13/h8H,1-7,11H2,(H2,12,14). The lowest BCUT2D eigenvalue weighted by Crippen LogP contribution is -2.46. The molecule has 5 heteroatoms. The molecule has 1 aliphatic rings. The predicted molar refractivity (Wildman–Crippen MR) is 56.8 cm³/mol. The van der Waals surface area contributed by atoms with Crippen LogP contribution in [-0.2, 0) is 9.59 Å². The molecular formula is C10H19N3O2. The maximum atomic E-state index is 11.8. The van der Waals surface area contributed by atoms with Gasteiger partial charge in [0.05, 0.1) is 6.04 Å². The third-order valence-electron chi connectivity index (χ3n) is 2.69. The highest BCUT2D eigenvalue weighted by Crippen LogP contribution is 2.10. The molecule has 0 aromatic heterocycles. The van der Waals surface area contributed by atoms with Crippen LogP contribution in [0, 0.1) is 0 Å². The number of likely N-dealkylation sites (tertiary alicyclic amines) is 1. The van der Waals surface area contributed by atoms with Crippen molar-refractivity contribution in [2.75, 3.05) is 13.1 Å². The van der Waals surface area contributed by atoms with Crippen LogP contribution in [0.5, 0.6) is 0 Å². The van der Waals surface area contributed by atoms with Crippen molar-refractivity contribution in [3.63, 3.8) is 0 Å². The summed E-state index contributed by atoms with van der Waals surface area (Å²) >= 11 is 0. The molecule has 1 rings (SSSR count). The summed E-state index contributed by atoms with van der Waals surface area (Å²) in [5.41, 5.74) is 10.7. The van der Waals surface area contributed by atoms with Gasteiger partial charge >= 0.3 is 0 Å². The Balaban J connectivity index is 2.33. The zero-order valence-corrected chi connectivity index (χ0v) is 8.95. The van der Waals surface area contributed by atoms with Crippen LogP contribution in [0.25, 0.3) is 0 Å². The average Bonchev–Trinajstić information content (AvgIpc) is 2.26. The first-order valence-electron chi connectivity index (χ1n) is 5.44. The molecule has 4 N–H and O–H groups in total. The van der Waals surface area contributed by atoms with E-state index in [1.807, 2.05) is 0 Å². The number of nitrogens with two attached hydrogens (primary N) is 2. The number of primary amides is 1. The van der Waals surface area contributed by atoms with Crippen LogP contribution in [0.15, 0.2) is 0 Å². The highest BCUT2D eigenvalue weighted by atomic mass is 16.2. The number of carbonyl (C=O) groups excluding carboxylic acids is 2. The molecular weight excluding hydrogens is 194 g/mol. The normalized spacial score (nSPS) is 18.6. The van der Waals surface area contributed by atoms with Gasteiger partial charge < -0.3 is 16.4 Å². The van der Waals surface area contributed by atoms with Crippen molar-refractivity contribution < 1.29 is 9.59 Å². The summed E-state index contributed by atoms with van der Waals surface area (Å²) in [5, 5.41) is 0. The third-order valence-corrected chi connectivity index (χ3v) is 2.69. The van der Waals surface area contributed by atoms with Crippen molar-refractivity contribution in [2.24, 2.45) is 11.5 Å². The second-order valence-corrected chi connectivity index (χ2v) is 4.00. The van der Waals surface area contributed by atoms with Gasteiger partial charge in [0.25, 0.3) is 0 Å². The number of carbonyl (C=O) groups is 2. The highest BCUT2D eigenvalue weighted by molar-refractivity contribution is 5.82. The molecule has 1 fully saturated rings. The molecule has 1 atom stereocenters. The molecule has 0 saturated carbocycles. The molecule has 1 saturated heterocycles. The summed E-state index contributed by atoms with van der Waals surface area (Å²) in [6.45, 7) is 1.59. The van der Waals surface area contributed by atoms with Gasteiger partial charge in [0.2, 0.25) is 11.8 Å². The van der Waals surface area contributed by atoms with Gasteiger partial charge in [-0.3, -0.25) is 9.59 Å². The first kappa shape index (κ1) is 12.0. The second kappa shape index (κ2) is 5.70. The molecule has 0 aliphatic carbocycles. The first-order chi connectivity index (χ1) is 7.11. The Bertz CT molecular complexity index is 237. The van der Waals surface area contributed by atoms with E-state index in [1.165, 1.54) is 6.42 Å². The Morgan fingerprint density at radius 2 is 1.80 bits per heavy atom. The molecule has 2 amide bonds. The van der Waals surface area contributed by atoms with E-state index in [9.17, 15) is 9.59 Å². The van der Waals surface area contributed by atoms with Crippen LogP contribution in [0.1, 0.15) is 32.1 Å². The number of amides is 2. The van der Waals surface area contributed by atoms with Crippen LogP contribution in [-0.4, -0.2) is 35.8 Å². The van der Waals surface area contributed by atoms with Gasteiger partial charge in [-0.2, -0.15) is 0 Å². The fourth-order valence-corrected chi connectivity index (χ4v) is 1.77. The average molecular weight is 213 g/mol. The smallest absolute Gasteiger partial charge is 0.239 e. The first-order valence-corrected chi connectivity index (χ1v) is 5.44. The van der Waals surface area contributed by atoms with Gasteiger partial charge in [-0.05, 0) is 25.7 Å². The van der Waals surface area contributed by atoms with E-state index in [2.05, 4.69) is 0 Å². The minimum absolute atomic E-state index is 0.0454. The Kier molecular flexibility index (Phi) is 4.55. The molecule has 0 aromatic rings. The lowest BCUT2D eigenvalue weighted by molar-refractivity contribution is -0.133. The minimum Gasteiger partial charge on any atom is -0.370 e. The molecule has 0 spiro atoms. The van der Waals surface area contributed by atoms with E-state index in [4.69, 9.17) is 11.5 Å². The summed E-state index contributed by atoms with van der Waals surface area (Å²) in [6.07, 6.45) is 3.81. The van der Waals surface area contributed by atoms with Crippen LogP contribution in [0.3, 0.4) is 0 Å². The van der Waals surface area contributed by atoms with E-state index >= 15 is 0 Å². The molecule has 1 unspecified atom stereocenters. The Morgan fingerprint density at radius 3 is 2.33 bits per heavy atom. The van der Waals surface area contributed by atoms with Gasteiger partial charge in [-0.25, -0.2) is 0 Å². The lowest BCUT2D eigenvalue weighted by atomic mass is 10.1. The van der Waals surface area contributed by atoms with Gasteiger partial charge in [0.1, 0.15) is 0 Å². The monoisotopic (exact) mass is 213 g/mol. The van der Waals surface area contributed by atoms with E-state index in [0.29, 0.717) is 6.42 Å². The maximum Gasteiger partial charge on any atom is 0.239 e. The number of hydrogen-bond donors (Lipinski definition) is 2. The third kappa shape index (κ3) is 3.87. The number of nitrogens with zero attached hydrogens (tertiary/aromatic N) is 1. The molecule has 0 bridgehead atoms. The Labute approximate surface area is 89.8 Å². The van der Waals surface area contributed by atoms with Crippen molar-refractivity contribution in [1.82, 2.24) is 4.90 Å². The predicted octanol–water partition coefficient (Wildman–Crippen LogP) is -0.408. The highest BCUT2D eigenvalue weighted by Gasteiger charge is 2.22. The maximum absolute atomic E-state index is 11.8. The summed E-state index contributed by atoms with van der Waals surface area (Å²) in [6, 6.07) is -0.574. The van der Waals surface area contributed by atoms with Crippen molar-refractivity contribution in [1.29, 1.82) is 0 Å². The molecule has 1 heterocycles. The van der Waals surface area contributed by atoms with E-state index < -0.39 is 11.9 Å². The Hall–Kier alpha value is -1.10. The topological polar surface area (TPSA) is 89.4 Å². The fraction of sp³-hybridized carbons (Fsp3) is 0.800. The fourth-order valence-electron chi connectivity index (χ4n) is 1.77. The zero-order chi connectivity index (χ0) is 11.3. The summed E-state index contributed by atoms with van der Waals surface area (Å²) in [7, 11) is 0. The largest absolute Gasteiger partial charge is 0.370 e. The van der Waals surface area contributed by atoms with Crippen LogP contribution < -0.4 is 11.5 Å². The number of piperidine rings is 1. The molecule has 5 nitrogen and oxygen atoms in total. The Morgan fingerprint density at radius 1 is 1.20 bits per heavy atom. The summed E-state index contributed by atoms with van der Waals surface area (Å²) in [5.74, 6) is -0.451. The lowest BCUT2D eigenvalue weighted by Gasteiger charge is -2.29. The molecule has 1 aliphatic heterocycles. The summed E-state index contributed by atoms with van der Waals surface area (Å²) in [4.78, 5) is 24.1. The zero-order valence-electron chi connectivity index (χ0n) is 8.95. The number of rotatable bonds is 4. The van der Waals surface area contributed by atoms with E-state index in [1.54, 1.807) is 4.90 Å². The van der Waals surface area contributed by atoms with Gasteiger partial charge in [0, 0.05) is 19.5 Å². The van der Waals surface area contributed by atoms with Crippen LogP contribution >= 0.6 is 0 Å². The van der Waals surface area contributed by atoms with Crippen LogP contribution in [0.4, 0.5) is 0 Å². The SMILES string of the molecule is NC(=O)CCC(N)C(=O)N1CCCCC1. The molecule has 86 valence electrons. The van der Waals surface area contributed by atoms with E-state index in [0.717, 1.165) is 25.9 Å². The van der Waals surface area contributed by atoms with Crippen molar-refractivity contribution in [2.45, 2.75) is 38.1 Å². The van der Waals surface area contributed by atoms with Crippen molar-refractivity contribution in [3.8, 4) is 0 Å². The summed E-state index contributed by atoms with van der Waals surface area (Å²) < 4.78 is 0. The van der Waals surface area contributed by atoms with Gasteiger partial charge in [-0.1, -0.05) is 0 Å². The minimum atomic E-state index is -0.574. The van der Waals surface area contributed by atoms with Crippen LogP contribution in [0.2, 0.25) is 0 Å². The number of hydrogen-bond acceptors (Lipinski definition) is 3. The van der Waals surface area contributed by atoms with Gasteiger partial charge in [0.15, 0.2) is 0 Å².